The van der Waals surface area contributed by atoms with Gasteiger partial charge in [-0.3, -0.25) is 9.59 Å². The second-order valence-corrected chi connectivity index (χ2v) is 9.16. The van der Waals surface area contributed by atoms with Crippen molar-refractivity contribution in [3.8, 4) is 0 Å². The molecule has 2 aliphatic rings. The first kappa shape index (κ1) is 22.1. The van der Waals surface area contributed by atoms with Crippen molar-refractivity contribution in [1.82, 2.24) is 0 Å². The molecule has 0 bridgehead atoms. The van der Waals surface area contributed by atoms with E-state index in [4.69, 9.17) is 4.74 Å². The van der Waals surface area contributed by atoms with E-state index in [0.29, 0.717) is 24.9 Å². The SMILES string of the molecule is O=C(CCCCOC(=O)C(CC1CCCCC1)C1CCCCC1)c1ccccc1. The van der Waals surface area contributed by atoms with Gasteiger partial charge < -0.3 is 4.74 Å². The molecule has 3 nitrogen and oxygen atoms in total. The number of unbranched alkanes of at least 4 members (excludes halogenated alkanes) is 1. The Bertz CT molecular complexity index is 612. The van der Waals surface area contributed by atoms with Crippen molar-refractivity contribution in [2.75, 3.05) is 6.61 Å². The molecule has 160 valence electrons. The van der Waals surface area contributed by atoms with Gasteiger partial charge >= 0.3 is 5.97 Å². The number of rotatable bonds is 10. The van der Waals surface area contributed by atoms with E-state index in [-0.39, 0.29) is 17.7 Å². The Hall–Kier alpha value is -1.64. The van der Waals surface area contributed by atoms with Crippen LogP contribution in [0.2, 0.25) is 0 Å². The summed E-state index contributed by atoms with van der Waals surface area (Å²) < 4.78 is 5.74. The molecule has 1 atom stereocenters. The smallest absolute Gasteiger partial charge is 0.309 e. The lowest BCUT2D eigenvalue weighted by Gasteiger charge is -2.32. The Morgan fingerprint density at radius 1 is 0.862 bits per heavy atom. The monoisotopic (exact) mass is 398 g/mol. The Morgan fingerprint density at radius 2 is 1.52 bits per heavy atom. The van der Waals surface area contributed by atoms with Crippen LogP contribution in [0.3, 0.4) is 0 Å². The number of ketones is 1. The van der Waals surface area contributed by atoms with E-state index in [0.717, 1.165) is 24.8 Å². The molecule has 0 aliphatic heterocycles. The highest BCUT2D eigenvalue weighted by Crippen LogP contribution is 2.37. The summed E-state index contributed by atoms with van der Waals surface area (Å²) in [5, 5.41) is 0. The number of carbonyl (C=O) groups is 2. The highest BCUT2D eigenvalue weighted by Gasteiger charge is 2.33. The first-order valence-electron chi connectivity index (χ1n) is 12.0. The van der Waals surface area contributed by atoms with Crippen molar-refractivity contribution in [2.24, 2.45) is 17.8 Å². The summed E-state index contributed by atoms with van der Waals surface area (Å²) in [5.41, 5.74) is 0.773. The maximum atomic E-state index is 12.9. The van der Waals surface area contributed by atoms with Crippen LogP contribution in [0, 0.1) is 17.8 Å². The third kappa shape index (κ3) is 7.28. The van der Waals surface area contributed by atoms with Gasteiger partial charge in [0.25, 0.3) is 0 Å². The third-order valence-corrected chi connectivity index (χ3v) is 6.97. The summed E-state index contributed by atoms with van der Waals surface area (Å²) in [7, 11) is 0. The molecule has 0 saturated heterocycles. The Balaban J connectivity index is 1.41. The Labute approximate surface area is 176 Å². The van der Waals surface area contributed by atoms with Crippen LogP contribution in [-0.2, 0) is 9.53 Å². The molecular weight excluding hydrogens is 360 g/mol. The average molecular weight is 399 g/mol. The standard InChI is InChI=1S/C26H38O3/c27-25(23-16-8-3-9-17-23)18-10-11-19-29-26(28)24(22-14-6-2-7-15-22)20-21-12-4-1-5-13-21/h3,8-9,16-17,21-22,24H,1-2,4-7,10-15,18-20H2. The van der Waals surface area contributed by atoms with Crippen LogP contribution >= 0.6 is 0 Å². The van der Waals surface area contributed by atoms with Gasteiger partial charge in [0.15, 0.2) is 5.78 Å². The first-order chi connectivity index (χ1) is 14.2. The minimum atomic E-state index is 0.0388. The maximum absolute atomic E-state index is 12.9. The van der Waals surface area contributed by atoms with Crippen molar-refractivity contribution in [3.05, 3.63) is 35.9 Å². The minimum absolute atomic E-state index is 0.0388. The van der Waals surface area contributed by atoms with Crippen LogP contribution in [0.15, 0.2) is 30.3 Å². The van der Waals surface area contributed by atoms with Gasteiger partial charge in [-0.1, -0.05) is 81.7 Å². The second kappa shape index (κ2) is 12.1. The highest BCUT2D eigenvalue weighted by molar-refractivity contribution is 5.95. The van der Waals surface area contributed by atoms with Crippen molar-refractivity contribution in [1.29, 1.82) is 0 Å². The van der Waals surface area contributed by atoms with Crippen molar-refractivity contribution in [3.63, 3.8) is 0 Å². The average Bonchev–Trinajstić information content (AvgIpc) is 2.79. The molecule has 0 amide bonds. The molecule has 1 unspecified atom stereocenters. The van der Waals surface area contributed by atoms with Crippen molar-refractivity contribution >= 4 is 11.8 Å². The van der Waals surface area contributed by atoms with E-state index in [2.05, 4.69) is 0 Å². The lowest BCUT2D eigenvalue weighted by atomic mass is 9.73. The van der Waals surface area contributed by atoms with Gasteiger partial charge in [0.2, 0.25) is 0 Å². The van der Waals surface area contributed by atoms with Crippen LogP contribution < -0.4 is 0 Å². The zero-order valence-corrected chi connectivity index (χ0v) is 18.0. The molecule has 1 aromatic rings. The fourth-order valence-electron chi connectivity index (χ4n) is 5.24. The number of esters is 1. The molecule has 0 spiro atoms. The molecule has 0 aromatic heterocycles. The van der Waals surface area contributed by atoms with E-state index in [9.17, 15) is 9.59 Å². The quantitative estimate of drug-likeness (QED) is 0.249. The Kier molecular flexibility index (Phi) is 9.24. The van der Waals surface area contributed by atoms with Gasteiger partial charge in [-0.05, 0) is 43.9 Å². The van der Waals surface area contributed by atoms with Gasteiger partial charge in [0.05, 0.1) is 12.5 Å². The summed E-state index contributed by atoms with van der Waals surface area (Å²) in [6.45, 7) is 0.453. The molecule has 0 radical (unpaired) electrons. The third-order valence-electron chi connectivity index (χ3n) is 6.97. The van der Waals surface area contributed by atoms with E-state index in [1.54, 1.807) is 0 Å². The molecular formula is C26H38O3. The van der Waals surface area contributed by atoms with E-state index < -0.39 is 0 Å². The summed E-state index contributed by atoms with van der Waals surface area (Å²) in [4.78, 5) is 25.1. The number of benzene rings is 1. The van der Waals surface area contributed by atoms with Crippen LogP contribution in [0.5, 0.6) is 0 Å². The molecule has 2 fully saturated rings. The summed E-state index contributed by atoms with van der Waals surface area (Å²) in [6, 6.07) is 9.44. The zero-order valence-electron chi connectivity index (χ0n) is 18.0. The Morgan fingerprint density at radius 3 is 2.21 bits per heavy atom. The second-order valence-electron chi connectivity index (χ2n) is 9.16. The fourth-order valence-corrected chi connectivity index (χ4v) is 5.24. The van der Waals surface area contributed by atoms with Gasteiger partial charge in [0, 0.05) is 12.0 Å². The molecule has 0 heterocycles. The van der Waals surface area contributed by atoms with Crippen LogP contribution in [0.4, 0.5) is 0 Å². The van der Waals surface area contributed by atoms with E-state index in [1.807, 2.05) is 30.3 Å². The van der Waals surface area contributed by atoms with Crippen LogP contribution in [0.1, 0.15) is 100 Å². The number of carbonyl (C=O) groups excluding carboxylic acids is 2. The molecule has 3 rings (SSSR count). The first-order valence-corrected chi connectivity index (χ1v) is 12.0. The van der Waals surface area contributed by atoms with Gasteiger partial charge in [0.1, 0.15) is 0 Å². The number of Topliss-reactive ketones (excluding diaryl/α,β-unsaturated/α-hetero) is 1. The van der Waals surface area contributed by atoms with E-state index in [1.165, 1.54) is 64.2 Å². The minimum Gasteiger partial charge on any atom is -0.465 e. The molecule has 1 aromatic carbocycles. The summed E-state index contributed by atoms with van der Waals surface area (Å²) >= 11 is 0. The van der Waals surface area contributed by atoms with Gasteiger partial charge in [-0.2, -0.15) is 0 Å². The van der Waals surface area contributed by atoms with Gasteiger partial charge in [-0.25, -0.2) is 0 Å². The topological polar surface area (TPSA) is 43.4 Å². The summed E-state index contributed by atoms with van der Waals surface area (Å²) in [5.74, 6) is 1.56. The molecule has 3 heteroatoms. The highest BCUT2D eigenvalue weighted by atomic mass is 16.5. The van der Waals surface area contributed by atoms with Gasteiger partial charge in [-0.15, -0.1) is 0 Å². The van der Waals surface area contributed by atoms with Crippen LogP contribution in [0.25, 0.3) is 0 Å². The summed E-state index contributed by atoms with van der Waals surface area (Å²) in [6.07, 6.45) is 15.9. The van der Waals surface area contributed by atoms with Crippen LogP contribution in [-0.4, -0.2) is 18.4 Å². The zero-order chi connectivity index (χ0) is 20.3. The number of hydrogen-bond acceptors (Lipinski definition) is 3. The van der Waals surface area contributed by atoms with Crippen molar-refractivity contribution < 1.29 is 14.3 Å². The fraction of sp³-hybridized carbons (Fsp3) is 0.692. The molecule has 2 saturated carbocycles. The lowest BCUT2D eigenvalue weighted by Crippen LogP contribution is -2.30. The largest absolute Gasteiger partial charge is 0.465 e. The number of ether oxygens (including phenoxy) is 1. The number of hydrogen-bond donors (Lipinski definition) is 0. The molecule has 2 aliphatic carbocycles. The predicted octanol–water partition coefficient (Wildman–Crippen LogP) is 6.75. The normalized spacial score (nSPS) is 19.6. The molecule has 0 N–H and O–H groups in total. The predicted molar refractivity (Wildman–Crippen MR) is 117 cm³/mol. The van der Waals surface area contributed by atoms with Crippen molar-refractivity contribution in [2.45, 2.75) is 89.9 Å². The molecule has 29 heavy (non-hydrogen) atoms. The van der Waals surface area contributed by atoms with E-state index >= 15 is 0 Å². The lowest BCUT2D eigenvalue weighted by molar-refractivity contribution is -0.152. The maximum Gasteiger partial charge on any atom is 0.309 e.